The second-order valence-electron chi connectivity index (χ2n) is 8.58. The maximum atomic E-state index is 13.7. The largest absolute Gasteiger partial charge is 0.493 e. The van der Waals surface area contributed by atoms with Crippen LogP contribution in [0.15, 0.2) is 88.6 Å². The number of aliphatic imine (C=N–C) groups is 1. The Balaban J connectivity index is 1.52. The number of anilines is 2. The Morgan fingerprint density at radius 1 is 0.846 bits per heavy atom. The summed E-state index contributed by atoms with van der Waals surface area (Å²) in [5.74, 6) is 0.837. The van der Waals surface area contributed by atoms with Crippen LogP contribution in [0.4, 0.5) is 11.4 Å². The van der Waals surface area contributed by atoms with Gasteiger partial charge in [-0.25, -0.2) is 4.99 Å². The number of ether oxygens (including phenoxy) is 3. The smallest absolute Gasteiger partial charge is 0.283 e. The van der Waals surface area contributed by atoms with E-state index in [1.807, 2.05) is 60.7 Å². The van der Waals surface area contributed by atoms with Crippen LogP contribution in [0, 0.1) is 0 Å². The molecule has 0 radical (unpaired) electrons. The van der Waals surface area contributed by atoms with Crippen molar-refractivity contribution < 1.29 is 23.8 Å². The van der Waals surface area contributed by atoms with E-state index in [4.69, 9.17) is 14.2 Å². The number of hydrazone groups is 1. The maximum absolute atomic E-state index is 13.7. The Morgan fingerprint density at radius 2 is 1.44 bits per heavy atom. The van der Waals surface area contributed by atoms with Gasteiger partial charge in [-0.05, 0) is 55.0 Å². The van der Waals surface area contributed by atoms with Gasteiger partial charge in [-0.1, -0.05) is 48.2 Å². The molecule has 2 aliphatic rings. The Kier molecular flexibility index (Phi) is 7.38. The first-order chi connectivity index (χ1) is 18.9. The van der Waals surface area contributed by atoms with Gasteiger partial charge in [0, 0.05) is 0 Å². The van der Waals surface area contributed by atoms with Gasteiger partial charge in [0.25, 0.3) is 11.8 Å². The number of amidine groups is 1. The first-order valence-corrected chi connectivity index (χ1v) is 12.9. The molecule has 1 atom stereocenters. The van der Waals surface area contributed by atoms with Crippen molar-refractivity contribution in [2.24, 2.45) is 10.1 Å². The van der Waals surface area contributed by atoms with Crippen LogP contribution in [0.2, 0.25) is 0 Å². The van der Waals surface area contributed by atoms with Crippen molar-refractivity contribution in [2.75, 3.05) is 31.2 Å². The van der Waals surface area contributed by atoms with Crippen LogP contribution in [-0.4, -0.2) is 49.3 Å². The molecule has 10 heteroatoms. The van der Waals surface area contributed by atoms with Crippen molar-refractivity contribution in [3.63, 3.8) is 0 Å². The lowest BCUT2D eigenvalue weighted by atomic mass is 10.1. The van der Waals surface area contributed by atoms with E-state index in [2.05, 4.69) is 10.1 Å². The van der Waals surface area contributed by atoms with Gasteiger partial charge < -0.3 is 14.2 Å². The number of methoxy groups -OCH3 is 3. The third kappa shape index (κ3) is 4.98. The summed E-state index contributed by atoms with van der Waals surface area (Å²) in [6.45, 7) is 1.80. The first-order valence-electron chi connectivity index (χ1n) is 12.1. The number of carbonyl (C=O) groups is 2. The molecule has 0 saturated carbocycles. The number of amides is 2. The van der Waals surface area contributed by atoms with Crippen molar-refractivity contribution in [1.82, 2.24) is 0 Å². The predicted molar refractivity (Wildman–Crippen MR) is 154 cm³/mol. The van der Waals surface area contributed by atoms with Crippen LogP contribution in [0.5, 0.6) is 17.2 Å². The number of thioether (sulfide) groups is 1. The fraction of sp³-hybridized carbons (Fsp3) is 0.172. The molecule has 0 fully saturated rings. The molecule has 9 nitrogen and oxygen atoms in total. The molecule has 0 N–H and O–H groups in total. The summed E-state index contributed by atoms with van der Waals surface area (Å²) < 4.78 is 16.3. The van der Waals surface area contributed by atoms with Crippen LogP contribution in [0.25, 0.3) is 6.08 Å². The van der Waals surface area contributed by atoms with Crippen molar-refractivity contribution in [2.45, 2.75) is 12.2 Å². The van der Waals surface area contributed by atoms with Crippen molar-refractivity contribution >= 4 is 51.9 Å². The van der Waals surface area contributed by atoms with Gasteiger partial charge in [0.05, 0.1) is 38.4 Å². The van der Waals surface area contributed by atoms with Crippen LogP contribution < -0.4 is 24.1 Å². The second-order valence-corrected chi connectivity index (χ2v) is 9.66. The Labute approximate surface area is 230 Å². The van der Waals surface area contributed by atoms with Gasteiger partial charge in [-0.15, -0.1) is 0 Å². The molecule has 3 aromatic carbocycles. The van der Waals surface area contributed by atoms with E-state index in [0.717, 1.165) is 0 Å². The number of rotatable bonds is 7. The molecule has 39 heavy (non-hydrogen) atoms. The van der Waals surface area contributed by atoms with E-state index < -0.39 is 5.25 Å². The summed E-state index contributed by atoms with van der Waals surface area (Å²) in [6, 6.07) is 21.9. The molecule has 0 aromatic heterocycles. The standard InChI is InChI=1S/C29H26N4O5S/c1-18-26(28(35)33(31-18)21-13-9-6-10-14-21)39-29-30-22(27(34)32(29)20-11-7-5-8-12-20)15-19-16-23(36-2)25(38-4)24(17-19)37-3/h5-17,26H,1-4H3/b22-15-/t26-/m0/s1. The van der Waals surface area contributed by atoms with E-state index >= 15 is 0 Å². The number of nitrogens with zero attached hydrogens (tertiary/aromatic N) is 4. The highest BCUT2D eigenvalue weighted by molar-refractivity contribution is 8.16. The Morgan fingerprint density at radius 3 is 2.00 bits per heavy atom. The van der Waals surface area contributed by atoms with Crippen molar-refractivity contribution in [1.29, 1.82) is 0 Å². The quantitative estimate of drug-likeness (QED) is 0.391. The normalized spacial score (nSPS) is 17.9. The fourth-order valence-corrected chi connectivity index (χ4v) is 5.34. The van der Waals surface area contributed by atoms with Crippen LogP contribution >= 0.6 is 11.8 Å². The molecule has 2 amide bonds. The third-order valence-corrected chi connectivity index (χ3v) is 7.39. The predicted octanol–water partition coefficient (Wildman–Crippen LogP) is 4.98. The molecule has 5 rings (SSSR count). The molecule has 3 aromatic rings. The van der Waals surface area contributed by atoms with E-state index in [0.29, 0.717) is 45.1 Å². The minimum atomic E-state index is -0.636. The lowest BCUT2D eigenvalue weighted by Crippen LogP contribution is -2.35. The lowest BCUT2D eigenvalue weighted by molar-refractivity contribution is -0.116. The summed E-state index contributed by atoms with van der Waals surface area (Å²) >= 11 is 1.19. The monoisotopic (exact) mass is 542 g/mol. The minimum absolute atomic E-state index is 0.200. The summed E-state index contributed by atoms with van der Waals surface area (Å²) in [7, 11) is 4.58. The highest BCUT2D eigenvalue weighted by Gasteiger charge is 2.40. The number of carbonyl (C=O) groups excluding carboxylic acids is 2. The Hall–Kier alpha value is -4.57. The van der Waals surface area contributed by atoms with Crippen LogP contribution in [0.1, 0.15) is 12.5 Å². The highest BCUT2D eigenvalue weighted by Crippen LogP contribution is 2.40. The van der Waals surface area contributed by atoms with Crippen LogP contribution in [0.3, 0.4) is 0 Å². The zero-order chi connectivity index (χ0) is 27.5. The summed E-state index contributed by atoms with van der Waals surface area (Å²) in [4.78, 5) is 33.3. The zero-order valence-electron chi connectivity index (χ0n) is 21.8. The topological polar surface area (TPSA) is 93.0 Å². The number of benzene rings is 3. The van der Waals surface area contributed by atoms with Crippen molar-refractivity contribution in [3.05, 3.63) is 84.1 Å². The average molecular weight is 543 g/mol. The molecule has 2 aliphatic heterocycles. The van der Waals surface area contributed by atoms with E-state index in [9.17, 15) is 9.59 Å². The molecule has 0 spiro atoms. The lowest BCUT2D eigenvalue weighted by Gasteiger charge is -2.20. The average Bonchev–Trinajstić information content (AvgIpc) is 3.43. The SMILES string of the molecule is COc1cc(/C=C2\N=C(S[C@@H]3C(=O)N(c4ccccc4)N=C3C)N(c3ccccc3)C2=O)cc(OC)c1OC. The van der Waals surface area contributed by atoms with E-state index in [-0.39, 0.29) is 17.5 Å². The maximum Gasteiger partial charge on any atom is 0.283 e. The highest BCUT2D eigenvalue weighted by atomic mass is 32.2. The van der Waals surface area contributed by atoms with Gasteiger partial charge in [-0.2, -0.15) is 10.1 Å². The molecule has 0 saturated heterocycles. The molecule has 198 valence electrons. The van der Waals surface area contributed by atoms with Crippen molar-refractivity contribution in [3.8, 4) is 17.2 Å². The molecule has 2 heterocycles. The van der Waals surface area contributed by atoms with Gasteiger partial charge >= 0.3 is 0 Å². The number of hydrogen-bond donors (Lipinski definition) is 0. The Bertz CT molecular complexity index is 1480. The number of hydrogen-bond acceptors (Lipinski definition) is 8. The second kappa shape index (κ2) is 11.0. The van der Waals surface area contributed by atoms with Gasteiger partial charge in [0.1, 0.15) is 10.9 Å². The molecule has 0 aliphatic carbocycles. The third-order valence-electron chi connectivity index (χ3n) is 6.13. The van der Waals surface area contributed by atoms with E-state index in [1.165, 1.54) is 43.0 Å². The summed E-state index contributed by atoms with van der Waals surface area (Å²) in [6.07, 6.45) is 1.66. The van der Waals surface area contributed by atoms with Gasteiger partial charge in [0.15, 0.2) is 16.7 Å². The minimum Gasteiger partial charge on any atom is -0.493 e. The summed E-state index contributed by atoms with van der Waals surface area (Å²) in [5.41, 5.74) is 2.79. The summed E-state index contributed by atoms with van der Waals surface area (Å²) in [5, 5.41) is 5.63. The molecular weight excluding hydrogens is 516 g/mol. The van der Waals surface area contributed by atoms with Gasteiger partial charge in [-0.3, -0.25) is 14.5 Å². The molecular formula is C29H26N4O5S. The molecule has 0 bridgehead atoms. The van der Waals surface area contributed by atoms with Crippen LogP contribution in [-0.2, 0) is 9.59 Å². The first kappa shape index (κ1) is 26.1. The fourth-order valence-electron chi connectivity index (χ4n) is 4.27. The zero-order valence-corrected chi connectivity index (χ0v) is 22.6. The van der Waals surface area contributed by atoms with Gasteiger partial charge in [0.2, 0.25) is 5.75 Å². The van der Waals surface area contributed by atoms with E-state index in [1.54, 1.807) is 25.1 Å². The molecule has 0 unspecified atom stereocenters. The number of para-hydroxylation sites is 2.